The number of amides is 2. The summed E-state index contributed by atoms with van der Waals surface area (Å²) >= 11 is 5.84. The first kappa shape index (κ1) is 19.9. The van der Waals surface area contributed by atoms with E-state index in [4.69, 9.17) is 16.3 Å². The molecule has 2 amide bonds. The highest BCUT2D eigenvalue weighted by Crippen LogP contribution is 2.30. The molecule has 0 bridgehead atoms. The van der Waals surface area contributed by atoms with Crippen molar-refractivity contribution in [3.8, 4) is 0 Å². The number of hydrogen-bond donors (Lipinski definition) is 1. The summed E-state index contributed by atoms with van der Waals surface area (Å²) in [4.78, 5) is 36.1. The fourth-order valence-corrected chi connectivity index (χ4v) is 3.11. The van der Waals surface area contributed by atoms with Gasteiger partial charge in [0, 0.05) is 11.1 Å². The third kappa shape index (κ3) is 3.89. The maximum atomic E-state index is 12.5. The van der Waals surface area contributed by atoms with E-state index in [-0.39, 0.29) is 30.4 Å². The first-order valence-corrected chi connectivity index (χ1v) is 8.86. The molecule has 8 nitrogen and oxygen atoms in total. The van der Waals surface area contributed by atoms with Crippen molar-refractivity contribution in [3.63, 3.8) is 0 Å². The van der Waals surface area contributed by atoms with Gasteiger partial charge >= 0.3 is 0 Å². The van der Waals surface area contributed by atoms with E-state index in [1.165, 1.54) is 18.2 Å². The van der Waals surface area contributed by atoms with Gasteiger partial charge in [-0.15, -0.1) is 0 Å². The first-order chi connectivity index (χ1) is 13.3. The summed E-state index contributed by atoms with van der Waals surface area (Å²) in [5, 5.41) is 21.9. The molecule has 1 heterocycles. The van der Waals surface area contributed by atoms with Crippen LogP contribution in [0.4, 0.5) is 5.69 Å². The molecule has 2 aromatic rings. The number of ether oxygens (including phenoxy) is 1. The Bertz CT molecular complexity index is 931. The van der Waals surface area contributed by atoms with Gasteiger partial charge in [-0.2, -0.15) is 0 Å². The van der Waals surface area contributed by atoms with Crippen molar-refractivity contribution < 1.29 is 24.4 Å². The summed E-state index contributed by atoms with van der Waals surface area (Å²) in [6.45, 7) is 1.34. The molecule has 0 fully saturated rings. The number of carbonyl (C=O) groups is 2. The molecule has 1 aliphatic rings. The van der Waals surface area contributed by atoms with E-state index in [9.17, 15) is 24.8 Å². The Morgan fingerprint density at radius 1 is 1.18 bits per heavy atom. The molecule has 0 saturated carbocycles. The lowest BCUT2D eigenvalue weighted by Gasteiger charge is -2.20. The normalized spacial score (nSPS) is 15.5. The summed E-state index contributed by atoms with van der Waals surface area (Å²) in [6, 6.07) is 10.9. The standard InChI is InChI=1S/C19H17ClN2O6/c1-11(12-5-7-13(20)8-6-12)28-10-14(23)9-21-18(24)15-3-2-4-16(22(26)27)17(15)19(21)25/h2-8,11,14,23H,9-10H2,1H3/t11-,14-/m0/s1. The van der Waals surface area contributed by atoms with Crippen LogP contribution in [-0.4, -0.2) is 46.0 Å². The van der Waals surface area contributed by atoms with Crippen molar-refractivity contribution in [2.75, 3.05) is 13.2 Å². The van der Waals surface area contributed by atoms with Crippen LogP contribution in [0.15, 0.2) is 42.5 Å². The summed E-state index contributed by atoms with van der Waals surface area (Å²) in [7, 11) is 0. The Morgan fingerprint density at radius 2 is 1.86 bits per heavy atom. The predicted molar refractivity (Wildman–Crippen MR) is 100 cm³/mol. The number of rotatable bonds is 7. The number of β-amino-alcohol motifs (C(OH)–C–C–N with tert-alkyl or cyclic N) is 1. The van der Waals surface area contributed by atoms with Crippen LogP contribution in [0.5, 0.6) is 0 Å². The van der Waals surface area contributed by atoms with Crippen molar-refractivity contribution in [2.45, 2.75) is 19.1 Å². The fraction of sp³-hybridized carbons (Fsp3) is 0.263. The van der Waals surface area contributed by atoms with Gasteiger partial charge in [-0.3, -0.25) is 24.6 Å². The van der Waals surface area contributed by atoms with E-state index in [0.717, 1.165) is 10.5 Å². The minimum atomic E-state index is -1.14. The van der Waals surface area contributed by atoms with Gasteiger partial charge in [0.15, 0.2) is 0 Å². The van der Waals surface area contributed by atoms with Gasteiger partial charge in [0.2, 0.25) is 0 Å². The van der Waals surface area contributed by atoms with E-state index in [0.29, 0.717) is 5.02 Å². The van der Waals surface area contributed by atoms with Crippen molar-refractivity contribution in [3.05, 3.63) is 74.3 Å². The zero-order chi connectivity index (χ0) is 20.4. The van der Waals surface area contributed by atoms with E-state index in [2.05, 4.69) is 0 Å². The number of hydrogen-bond acceptors (Lipinski definition) is 6. The number of nitrogens with zero attached hydrogens (tertiary/aromatic N) is 2. The van der Waals surface area contributed by atoms with Crippen LogP contribution in [-0.2, 0) is 4.74 Å². The molecule has 1 N–H and O–H groups in total. The predicted octanol–water partition coefficient (Wildman–Crippen LogP) is 2.98. The molecule has 0 aliphatic carbocycles. The number of aliphatic hydroxyl groups is 1. The Balaban J connectivity index is 1.64. The van der Waals surface area contributed by atoms with Crippen molar-refractivity contribution in [1.29, 1.82) is 0 Å². The lowest BCUT2D eigenvalue weighted by Crippen LogP contribution is -2.38. The van der Waals surface area contributed by atoms with E-state index in [1.54, 1.807) is 31.2 Å². The lowest BCUT2D eigenvalue weighted by atomic mass is 10.1. The Labute approximate surface area is 165 Å². The van der Waals surface area contributed by atoms with E-state index in [1.807, 2.05) is 0 Å². The van der Waals surface area contributed by atoms with Gasteiger partial charge < -0.3 is 9.84 Å². The van der Waals surface area contributed by atoms with Crippen LogP contribution in [0.25, 0.3) is 0 Å². The van der Waals surface area contributed by atoms with Crippen molar-refractivity contribution in [1.82, 2.24) is 4.90 Å². The Kier molecular flexibility index (Phi) is 5.73. The van der Waals surface area contributed by atoms with Gasteiger partial charge in [0.05, 0.1) is 35.8 Å². The molecule has 146 valence electrons. The van der Waals surface area contributed by atoms with Crippen LogP contribution < -0.4 is 0 Å². The number of nitro benzene ring substituents is 1. The van der Waals surface area contributed by atoms with Crippen molar-refractivity contribution >= 4 is 29.1 Å². The smallest absolute Gasteiger partial charge is 0.282 e. The zero-order valence-corrected chi connectivity index (χ0v) is 15.6. The Hall–Kier alpha value is -2.81. The molecule has 2 atom stereocenters. The van der Waals surface area contributed by atoms with Gasteiger partial charge in [-0.05, 0) is 30.7 Å². The molecule has 3 rings (SSSR count). The SMILES string of the molecule is C[C@H](OC[C@@H](O)CN1C(=O)c2cccc([N+](=O)[O-])c2C1=O)c1ccc(Cl)cc1. The van der Waals surface area contributed by atoms with Crippen LogP contribution in [0.1, 0.15) is 39.3 Å². The monoisotopic (exact) mass is 404 g/mol. The number of benzene rings is 2. The van der Waals surface area contributed by atoms with Crippen LogP contribution in [0, 0.1) is 10.1 Å². The third-order valence-electron chi connectivity index (χ3n) is 4.45. The molecule has 0 aromatic heterocycles. The maximum absolute atomic E-state index is 12.5. The second-order valence-electron chi connectivity index (χ2n) is 6.36. The average Bonchev–Trinajstić information content (AvgIpc) is 2.91. The fourth-order valence-electron chi connectivity index (χ4n) is 2.98. The highest BCUT2D eigenvalue weighted by Gasteiger charge is 2.41. The molecule has 28 heavy (non-hydrogen) atoms. The average molecular weight is 405 g/mol. The maximum Gasteiger partial charge on any atom is 0.282 e. The van der Waals surface area contributed by atoms with Crippen LogP contribution in [0.2, 0.25) is 5.02 Å². The number of carbonyl (C=O) groups excluding carboxylic acids is 2. The molecular weight excluding hydrogens is 388 g/mol. The summed E-state index contributed by atoms with van der Waals surface area (Å²) in [6.07, 6.45) is -1.48. The van der Waals surface area contributed by atoms with E-state index >= 15 is 0 Å². The quantitative estimate of drug-likeness (QED) is 0.431. The van der Waals surface area contributed by atoms with Gasteiger partial charge in [-0.25, -0.2) is 0 Å². The number of halogens is 1. The molecule has 2 aromatic carbocycles. The Morgan fingerprint density at radius 3 is 2.50 bits per heavy atom. The molecule has 0 saturated heterocycles. The highest BCUT2D eigenvalue weighted by molar-refractivity contribution is 6.30. The molecular formula is C19H17ClN2O6. The number of fused-ring (bicyclic) bond motifs is 1. The van der Waals surface area contributed by atoms with Crippen molar-refractivity contribution in [2.24, 2.45) is 0 Å². The molecule has 0 unspecified atom stereocenters. The molecule has 0 spiro atoms. The zero-order valence-electron chi connectivity index (χ0n) is 14.9. The second kappa shape index (κ2) is 8.05. The third-order valence-corrected chi connectivity index (χ3v) is 4.70. The topological polar surface area (TPSA) is 110 Å². The molecule has 9 heteroatoms. The van der Waals surface area contributed by atoms with E-state index < -0.39 is 28.5 Å². The molecule has 1 aliphatic heterocycles. The number of imide groups is 1. The van der Waals surface area contributed by atoms with Gasteiger partial charge in [0.1, 0.15) is 5.56 Å². The highest BCUT2D eigenvalue weighted by atomic mass is 35.5. The summed E-state index contributed by atoms with van der Waals surface area (Å²) in [5.74, 6) is -1.47. The van der Waals surface area contributed by atoms with Gasteiger partial charge in [-0.1, -0.05) is 29.8 Å². The van der Waals surface area contributed by atoms with Gasteiger partial charge in [0.25, 0.3) is 17.5 Å². The minimum absolute atomic E-state index is 0.0400. The number of nitro groups is 1. The lowest BCUT2D eigenvalue weighted by molar-refractivity contribution is -0.385. The summed E-state index contributed by atoms with van der Waals surface area (Å²) in [5.41, 5.74) is 0.135. The largest absolute Gasteiger partial charge is 0.389 e. The van der Waals surface area contributed by atoms with Crippen LogP contribution >= 0.6 is 11.6 Å². The minimum Gasteiger partial charge on any atom is -0.389 e. The second-order valence-corrected chi connectivity index (χ2v) is 6.80. The summed E-state index contributed by atoms with van der Waals surface area (Å²) < 4.78 is 5.60. The number of aliphatic hydroxyl groups excluding tert-OH is 1. The molecule has 0 radical (unpaired) electrons. The first-order valence-electron chi connectivity index (χ1n) is 8.48. The van der Waals surface area contributed by atoms with Crippen LogP contribution in [0.3, 0.4) is 0 Å².